The Kier molecular flexibility index (Phi) is 3.17. The Morgan fingerprint density at radius 2 is 2.00 bits per heavy atom. The molecule has 0 aliphatic carbocycles. The summed E-state index contributed by atoms with van der Waals surface area (Å²) in [4.78, 5) is 0. The number of furan rings is 1. The van der Waals surface area contributed by atoms with Crippen LogP contribution in [0.25, 0.3) is 11.0 Å². The average Bonchev–Trinajstić information content (AvgIpc) is 2.80. The maximum absolute atomic E-state index is 9.51. The molecule has 0 radical (unpaired) electrons. The fourth-order valence-electron chi connectivity index (χ4n) is 1.90. The number of para-hydroxylation sites is 1. The van der Waals surface area contributed by atoms with Gasteiger partial charge in [-0.3, -0.25) is 0 Å². The molecule has 0 fully saturated rings. The molecular weight excluding hydrogens is 308 g/mol. The highest BCUT2D eigenvalue weighted by molar-refractivity contribution is 9.10. The van der Waals surface area contributed by atoms with Gasteiger partial charge in [0.1, 0.15) is 23.7 Å². The fraction of sp³-hybridized carbons (Fsp3) is 0.0667. The third-order valence-corrected chi connectivity index (χ3v) is 3.51. The summed E-state index contributed by atoms with van der Waals surface area (Å²) in [6.07, 6.45) is 1.65. The minimum absolute atomic E-state index is 0.219. The highest BCUT2D eigenvalue weighted by atomic mass is 79.9. The third kappa shape index (κ3) is 2.44. The van der Waals surface area contributed by atoms with Crippen LogP contribution in [0.5, 0.6) is 11.5 Å². The van der Waals surface area contributed by atoms with Crippen molar-refractivity contribution in [3.8, 4) is 11.5 Å². The Bertz CT molecular complexity index is 718. The number of aromatic hydroxyl groups is 1. The quantitative estimate of drug-likeness (QED) is 0.774. The summed E-state index contributed by atoms with van der Waals surface area (Å²) in [7, 11) is 0. The number of phenols is 1. The zero-order chi connectivity index (χ0) is 13.2. The predicted octanol–water partition coefficient (Wildman–Crippen LogP) is 4.48. The van der Waals surface area contributed by atoms with Crippen molar-refractivity contribution >= 4 is 26.9 Å². The van der Waals surface area contributed by atoms with Crippen LogP contribution in [0, 0.1) is 0 Å². The molecule has 0 atom stereocenters. The number of ether oxygens (including phenoxy) is 1. The van der Waals surface area contributed by atoms with E-state index >= 15 is 0 Å². The summed E-state index contributed by atoms with van der Waals surface area (Å²) in [6, 6.07) is 12.7. The lowest BCUT2D eigenvalue weighted by Gasteiger charge is -2.06. The molecule has 0 aliphatic rings. The maximum Gasteiger partial charge on any atom is 0.134 e. The first-order chi connectivity index (χ1) is 9.24. The average molecular weight is 319 g/mol. The van der Waals surface area contributed by atoms with Gasteiger partial charge in [-0.05, 0) is 46.3 Å². The summed E-state index contributed by atoms with van der Waals surface area (Å²) in [5.74, 6) is 0.994. The van der Waals surface area contributed by atoms with Gasteiger partial charge in [0.05, 0.1) is 10.7 Å². The maximum atomic E-state index is 9.51. The number of fused-ring (bicyclic) bond motifs is 1. The van der Waals surface area contributed by atoms with Gasteiger partial charge >= 0.3 is 0 Å². The van der Waals surface area contributed by atoms with E-state index in [9.17, 15) is 5.11 Å². The first-order valence-corrected chi connectivity index (χ1v) is 6.60. The van der Waals surface area contributed by atoms with E-state index in [-0.39, 0.29) is 5.75 Å². The standard InChI is InChI=1S/C15H11BrO3/c16-13-3-1-2-4-15(13)19-9-10-8-18-14-6-5-11(17)7-12(10)14/h1-8,17H,9H2. The van der Waals surface area contributed by atoms with E-state index in [4.69, 9.17) is 9.15 Å². The first kappa shape index (κ1) is 12.1. The van der Waals surface area contributed by atoms with Gasteiger partial charge in [0.15, 0.2) is 0 Å². The number of halogens is 1. The zero-order valence-electron chi connectivity index (χ0n) is 9.97. The van der Waals surface area contributed by atoms with Crippen LogP contribution in [-0.4, -0.2) is 5.11 Å². The molecule has 4 heteroatoms. The summed E-state index contributed by atoms with van der Waals surface area (Å²) in [5, 5.41) is 10.4. The Morgan fingerprint density at radius 1 is 1.16 bits per heavy atom. The monoisotopic (exact) mass is 318 g/mol. The Labute approximate surface area is 118 Å². The normalized spacial score (nSPS) is 10.8. The van der Waals surface area contributed by atoms with Gasteiger partial charge in [0.2, 0.25) is 0 Å². The third-order valence-electron chi connectivity index (χ3n) is 2.86. The van der Waals surface area contributed by atoms with Gasteiger partial charge in [-0.2, -0.15) is 0 Å². The molecule has 0 saturated heterocycles. The van der Waals surface area contributed by atoms with Crippen LogP contribution in [0.3, 0.4) is 0 Å². The van der Waals surface area contributed by atoms with Crippen LogP contribution in [0.1, 0.15) is 5.56 Å². The van der Waals surface area contributed by atoms with E-state index in [1.54, 1.807) is 24.5 Å². The van der Waals surface area contributed by atoms with E-state index in [1.807, 2.05) is 24.3 Å². The van der Waals surface area contributed by atoms with Gasteiger partial charge in [-0.15, -0.1) is 0 Å². The molecule has 0 saturated carbocycles. The molecule has 1 aromatic heterocycles. The second kappa shape index (κ2) is 4.97. The molecular formula is C15H11BrO3. The lowest BCUT2D eigenvalue weighted by atomic mass is 10.2. The van der Waals surface area contributed by atoms with Gasteiger partial charge in [0.25, 0.3) is 0 Å². The predicted molar refractivity (Wildman–Crippen MR) is 76.4 cm³/mol. The number of phenolic OH excluding ortho intramolecular Hbond substituents is 1. The molecule has 2 aromatic carbocycles. The van der Waals surface area contributed by atoms with Crippen molar-refractivity contribution in [2.45, 2.75) is 6.61 Å². The molecule has 0 aliphatic heterocycles. The SMILES string of the molecule is Oc1ccc2occ(COc3ccccc3Br)c2c1. The summed E-state index contributed by atoms with van der Waals surface area (Å²) in [6.45, 7) is 0.388. The van der Waals surface area contributed by atoms with Gasteiger partial charge in [-0.25, -0.2) is 0 Å². The molecule has 1 heterocycles. The Hall–Kier alpha value is -1.94. The van der Waals surface area contributed by atoms with Gasteiger partial charge < -0.3 is 14.3 Å². The van der Waals surface area contributed by atoms with E-state index in [2.05, 4.69) is 15.9 Å². The lowest BCUT2D eigenvalue weighted by molar-refractivity contribution is 0.304. The lowest BCUT2D eigenvalue weighted by Crippen LogP contribution is -1.94. The Morgan fingerprint density at radius 3 is 2.84 bits per heavy atom. The largest absolute Gasteiger partial charge is 0.508 e. The van der Waals surface area contributed by atoms with E-state index in [1.165, 1.54) is 0 Å². The minimum atomic E-state index is 0.219. The summed E-state index contributed by atoms with van der Waals surface area (Å²) >= 11 is 3.43. The molecule has 3 rings (SSSR count). The first-order valence-electron chi connectivity index (χ1n) is 5.80. The number of hydrogen-bond acceptors (Lipinski definition) is 3. The fourth-order valence-corrected chi connectivity index (χ4v) is 2.30. The smallest absolute Gasteiger partial charge is 0.134 e. The molecule has 0 spiro atoms. The molecule has 0 unspecified atom stereocenters. The van der Waals surface area contributed by atoms with Crippen LogP contribution < -0.4 is 4.74 Å². The second-order valence-corrected chi connectivity index (χ2v) is 5.01. The number of benzene rings is 2. The molecule has 3 nitrogen and oxygen atoms in total. The molecule has 0 bridgehead atoms. The van der Waals surface area contributed by atoms with E-state index < -0.39 is 0 Å². The molecule has 1 N–H and O–H groups in total. The van der Waals surface area contributed by atoms with Gasteiger partial charge in [-0.1, -0.05) is 12.1 Å². The van der Waals surface area contributed by atoms with Crippen LogP contribution in [0.4, 0.5) is 0 Å². The van der Waals surface area contributed by atoms with Crippen molar-refractivity contribution in [1.29, 1.82) is 0 Å². The molecule has 19 heavy (non-hydrogen) atoms. The molecule has 3 aromatic rings. The molecule has 0 amide bonds. The van der Waals surface area contributed by atoms with E-state index in [0.717, 1.165) is 26.8 Å². The van der Waals surface area contributed by atoms with Crippen molar-refractivity contribution in [2.24, 2.45) is 0 Å². The van der Waals surface area contributed by atoms with Crippen molar-refractivity contribution < 1.29 is 14.3 Å². The van der Waals surface area contributed by atoms with E-state index in [0.29, 0.717) is 6.61 Å². The second-order valence-electron chi connectivity index (χ2n) is 4.16. The van der Waals surface area contributed by atoms with Crippen molar-refractivity contribution in [3.05, 3.63) is 58.8 Å². The van der Waals surface area contributed by atoms with Crippen molar-refractivity contribution in [2.75, 3.05) is 0 Å². The van der Waals surface area contributed by atoms with Gasteiger partial charge in [0, 0.05) is 10.9 Å². The number of rotatable bonds is 3. The topological polar surface area (TPSA) is 42.6 Å². The molecule has 96 valence electrons. The highest BCUT2D eigenvalue weighted by Crippen LogP contribution is 2.28. The van der Waals surface area contributed by atoms with Crippen LogP contribution in [0.2, 0.25) is 0 Å². The summed E-state index contributed by atoms with van der Waals surface area (Å²) < 4.78 is 12.1. The Balaban J connectivity index is 1.86. The van der Waals surface area contributed by atoms with Crippen LogP contribution in [0.15, 0.2) is 57.6 Å². The van der Waals surface area contributed by atoms with Crippen LogP contribution >= 0.6 is 15.9 Å². The zero-order valence-corrected chi connectivity index (χ0v) is 11.6. The van der Waals surface area contributed by atoms with Crippen molar-refractivity contribution in [3.63, 3.8) is 0 Å². The summed E-state index contributed by atoms with van der Waals surface area (Å²) in [5.41, 5.74) is 1.64. The number of hydrogen-bond donors (Lipinski definition) is 1. The van der Waals surface area contributed by atoms with Crippen LogP contribution in [-0.2, 0) is 6.61 Å². The van der Waals surface area contributed by atoms with Crippen molar-refractivity contribution in [1.82, 2.24) is 0 Å². The minimum Gasteiger partial charge on any atom is -0.508 e. The highest BCUT2D eigenvalue weighted by Gasteiger charge is 2.08.